The number of rotatable bonds is 3. The minimum absolute atomic E-state index is 0.0959. The lowest BCUT2D eigenvalue weighted by Gasteiger charge is -1.98. The number of aromatic nitrogens is 2. The van der Waals surface area contributed by atoms with Crippen LogP contribution >= 0.6 is 0 Å². The SMILES string of the molecule is O=[N+]([O-])c1ccc(-c2cn3cc(C4CC4)ccc3n2)cc1. The predicted octanol–water partition coefficient (Wildman–Crippen LogP) is 3.79. The number of fused-ring (bicyclic) bond motifs is 1. The second-order valence-electron chi connectivity index (χ2n) is 5.43. The molecule has 0 saturated heterocycles. The van der Waals surface area contributed by atoms with Crippen molar-refractivity contribution in [3.8, 4) is 11.3 Å². The van der Waals surface area contributed by atoms with Gasteiger partial charge < -0.3 is 4.40 Å². The van der Waals surface area contributed by atoms with E-state index in [0.29, 0.717) is 5.92 Å². The van der Waals surface area contributed by atoms with Crippen LogP contribution in [0.15, 0.2) is 48.8 Å². The lowest BCUT2D eigenvalue weighted by molar-refractivity contribution is -0.384. The average molecular weight is 279 g/mol. The number of nitrogens with zero attached hydrogens (tertiary/aromatic N) is 3. The molecular formula is C16H13N3O2. The molecule has 1 aromatic carbocycles. The van der Waals surface area contributed by atoms with Crippen molar-refractivity contribution in [2.45, 2.75) is 18.8 Å². The van der Waals surface area contributed by atoms with Gasteiger partial charge in [0, 0.05) is 30.1 Å². The first kappa shape index (κ1) is 12.1. The van der Waals surface area contributed by atoms with Gasteiger partial charge >= 0.3 is 0 Å². The second-order valence-corrected chi connectivity index (χ2v) is 5.43. The minimum atomic E-state index is -0.393. The quantitative estimate of drug-likeness (QED) is 0.541. The van der Waals surface area contributed by atoms with Crippen LogP contribution in [0.4, 0.5) is 5.69 Å². The van der Waals surface area contributed by atoms with E-state index < -0.39 is 4.92 Å². The highest BCUT2D eigenvalue weighted by Gasteiger charge is 2.23. The molecule has 104 valence electrons. The molecule has 5 nitrogen and oxygen atoms in total. The van der Waals surface area contributed by atoms with E-state index >= 15 is 0 Å². The van der Waals surface area contributed by atoms with Crippen LogP contribution < -0.4 is 0 Å². The molecule has 0 amide bonds. The Morgan fingerprint density at radius 3 is 2.52 bits per heavy atom. The van der Waals surface area contributed by atoms with Crippen LogP contribution in [0.25, 0.3) is 16.9 Å². The molecule has 2 heterocycles. The fourth-order valence-electron chi connectivity index (χ4n) is 2.56. The molecule has 0 spiro atoms. The van der Waals surface area contributed by atoms with E-state index in [1.165, 1.54) is 30.5 Å². The van der Waals surface area contributed by atoms with Gasteiger partial charge in [0.1, 0.15) is 5.65 Å². The molecule has 0 aliphatic heterocycles. The lowest BCUT2D eigenvalue weighted by Crippen LogP contribution is -1.87. The number of imidazole rings is 1. The van der Waals surface area contributed by atoms with Crippen LogP contribution in [0.5, 0.6) is 0 Å². The van der Waals surface area contributed by atoms with E-state index in [9.17, 15) is 10.1 Å². The Hall–Kier alpha value is -2.69. The Morgan fingerprint density at radius 2 is 1.86 bits per heavy atom. The van der Waals surface area contributed by atoms with Gasteiger partial charge in [0.05, 0.1) is 10.6 Å². The number of hydrogen-bond acceptors (Lipinski definition) is 3. The molecule has 1 aliphatic carbocycles. The zero-order valence-corrected chi connectivity index (χ0v) is 11.3. The van der Waals surface area contributed by atoms with E-state index in [-0.39, 0.29) is 5.69 Å². The van der Waals surface area contributed by atoms with Crippen molar-refractivity contribution in [2.75, 3.05) is 0 Å². The van der Waals surface area contributed by atoms with Crippen molar-refractivity contribution >= 4 is 11.3 Å². The van der Waals surface area contributed by atoms with Crippen LogP contribution in [0, 0.1) is 10.1 Å². The molecule has 0 bridgehead atoms. The van der Waals surface area contributed by atoms with Gasteiger partial charge in [0.2, 0.25) is 0 Å². The first-order valence-corrected chi connectivity index (χ1v) is 6.94. The summed E-state index contributed by atoms with van der Waals surface area (Å²) in [5.74, 6) is 0.708. The smallest absolute Gasteiger partial charge is 0.269 e. The molecular weight excluding hydrogens is 266 g/mol. The highest BCUT2D eigenvalue weighted by molar-refractivity contribution is 5.64. The fraction of sp³-hybridized carbons (Fsp3) is 0.188. The molecule has 2 aromatic heterocycles. The first-order valence-electron chi connectivity index (χ1n) is 6.94. The Labute approximate surface area is 121 Å². The van der Waals surface area contributed by atoms with Crippen LogP contribution in [0.2, 0.25) is 0 Å². The fourth-order valence-corrected chi connectivity index (χ4v) is 2.56. The maximum atomic E-state index is 10.7. The molecule has 0 N–H and O–H groups in total. The number of nitro benzene ring substituents is 1. The Bertz CT molecular complexity index is 832. The standard InChI is InChI=1S/C16H13N3O2/c20-19(21)14-6-3-12(4-7-14)15-10-18-9-13(11-1-2-11)5-8-16(18)17-15/h3-11H,1-2H2. The van der Waals surface area contributed by atoms with Crippen molar-refractivity contribution in [3.05, 3.63) is 64.5 Å². The van der Waals surface area contributed by atoms with E-state index in [1.807, 2.05) is 16.7 Å². The average Bonchev–Trinajstić information content (AvgIpc) is 3.26. The van der Waals surface area contributed by atoms with Gasteiger partial charge in [0.25, 0.3) is 5.69 Å². The molecule has 0 radical (unpaired) electrons. The summed E-state index contributed by atoms with van der Waals surface area (Å²) in [4.78, 5) is 14.9. The molecule has 0 unspecified atom stereocenters. The van der Waals surface area contributed by atoms with Crippen molar-refractivity contribution in [1.82, 2.24) is 9.38 Å². The predicted molar refractivity (Wildman–Crippen MR) is 79.3 cm³/mol. The van der Waals surface area contributed by atoms with Gasteiger partial charge in [0.15, 0.2) is 0 Å². The summed E-state index contributed by atoms with van der Waals surface area (Å²) in [5, 5.41) is 10.7. The van der Waals surface area contributed by atoms with Crippen LogP contribution in [0.1, 0.15) is 24.3 Å². The third kappa shape index (κ3) is 2.16. The second kappa shape index (κ2) is 4.41. The first-order chi connectivity index (χ1) is 10.2. The van der Waals surface area contributed by atoms with E-state index in [4.69, 9.17) is 0 Å². The summed E-state index contributed by atoms with van der Waals surface area (Å²) < 4.78 is 2.03. The summed E-state index contributed by atoms with van der Waals surface area (Å²) >= 11 is 0. The molecule has 1 saturated carbocycles. The van der Waals surface area contributed by atoms with Gasteiger partial charge in [-0.1, -0.05) is 6.07 Å². The monoisotopic (exact) mass is 279 g/mol. The van der Waals surface area contributed by atoms with E-state index in [2.05, 4.69) is 17.2 Å². The van der Waals surface area contributed by atoms with Crippen molar-refractivity contribution in [2.24, 2.45) is 0 Å². The Kier molecular flexibility index (Phi) is 2.54. The number of benzene rings is 1. The molecule has 5 heteroatoms. The maximum absolute atomic E-state index is 10.7. The van der Waals surface area contributed by atoms with Crippen LogP contribution in [-0.2, 0) is 0 Å². The zero-order chi connectivity index (χ0) is 14.4. The Morgan fingerprint density at radius 1 is 1.10 bits per heavy atom. The third-order valence-corrected chi connectivity index (χ3v) is 3.90. The van der Waals surface area contributed by atoms with E-state index in [0.717, 1.165) is 16.9 Å². The largest absolute Gasteiger partial charge is 0.306 e. The molecule has 21 heavy (non-hydrogen) atoms. The van der Waals surface area contributed by atoms with Gasteiger partial charge in [-0.3, -0.25) is 10.1 Å². The normalized spacial score (nSPS) is 14.5. The van der Waals surface area contributed by atoms with Gasteiger partial charge in [-0.05, 0) is 42.5 Å². The Balaban J connectivity index is 1.73. The molecule has 1 fully saturated rings. The van der Waals surface area contributed by atoms with Crippen molar-refractivity contribution in [1.29, 1.82) is 0 Å². The molecule has 3 aromatic rings. The molecule has 1 aliphatic rings. The van der Waals surface area contributed by atoms with Crippen LogP contribution in [-0.4, -0.2) is 14.3 Å². The highest BCUT2D eigenvalue weighted by Crippen LogP contribution is 2.40. The van der Waals surface area contributed by atoms with Gasteiger partial charge in [-0.15, -0.1) is 0 Å². The summed E-state index contributed by atoms with van der Waals surface area (Å²) in [6.07, 6.45) is 6.65. The minimum Gasteiger partial charge on any atom is -0.306 e. The lowest BCUT2D eigenvalue weighted by atomic mass is 10.1. The number of non-ortho nitro benzene ring substituents is 1. The zero-order valence-electron chi connectivity index (χ0n) is 11.3. The van der Waals surface area contributed by atoms with Gasteiger partial charge in [-0.2, -0.15) is 0 Å². The summed E-state index contributed by atoms with van der Waals surface area (Å²) in [6, 6.07) is 10.7. The molecule has 0 atom stereocenters. The summed E-state index contributed by atoms with van der Waals surface area (Å²) in [7, 11) is 0. The topological polar surface area (TPSA) is 60.4 Å². The summed E-state index contributed by atoms with van der Waals surface area (Å²) in [6.45, 7) is 0. The van der Waals surface area contributed by atoms with Crippen molar-refractivity contribution in [3.63, 3.8) is 0 Å². The van der Waals surface area contributed by atoms with Gasteiger partial charge in [-0.25, -0.2) is 4.98 Å². The van der Waals surface area contributed by atoms with Crippen molar-refractivity contribution < 1.29 is 4.92 Å². The number of hydrogen-bond donors (Lipinski definition) is 0. The number of nitro groups is 1. The summed E-state index contributed by atoms with van der Waals surface area (Å²) in [5.41, 5.74) is 4.07. The van der Waals surface area contributed by atoms with E-state index in [1.54, 1.807) is 12.1 Å². The highest BCUT2D eigenvalue weighted by atomic mass is 16.6. The maximum Gasteiger partial charge on any atom is 0.269 e. The van der Waals surface area contributed by atoms with Crippen LogP contribution in [0.3, 0.4) is 0 Å². The third-order valence-electron chi connectivity index (χ3n) is 3.90. The number of pyridine rings is 1. The molecule has 4 rings (SSSR count).